The van der Waals surface area contributed by atoms with E-state index in [1.807, 2.05) is 18.2 Å². The van der Waals surface area contributed by atoms with Gasteiger partial charge in [0.05, 0.1) is 6.42 Å². The van der Waals surface area contributed by atoms with Crippen molar-refractivity contribution in [1.29, 1.82) is 0 Å². The molecule has 0 saturated heterocycles. The van der Waals surface area contributed by atoms with E-state index in [4.69, 9.17) is 10.2 Å². The Morgan fingerprint density at radius 3 is 2.33 bits per heavy atom. The number of methoxy groups -OCH3 is 1. The van der Waals surface area contributed by atoms with Gasteiger partial charge in [-0.1, -0.05) is 30.3 Å². The monoisotopic (exact) mass is 168 g/mol. The Morgan fingerprint density at radius 1 is 1.25 bits per heavy atom. The summed E-state index contributed by atoms with van der Waals surface area (Å²) in [6, 6.07) is 9.15. The number of aliphatic hydroxyl groups is 2. The van der Waals surface area contributed by atoms with Gasteiger partial charge < -0.3 is 14.9 Å². The van der Waals surface area contributed by atoms with Gasteiger partial charge in [0, 0.05) is 7.11 Å². The van der Waals surface area contributed by atoms with Gasteiger partial charge in [-0.25, -0.2) is 0 Å². The molecule has 0 fully saturated rings. The highest BCUT2D eigenvalue weighted by molar-refractivity contribution is 5.15. The number of benzene rings is 1. The maximum Gasteiger partial charge on any atom is 0.281 e. The molecule has 1 aromatic rings. The highest BCUT2D eigenvalue weighted by Crippen LogP contribution is 2.10. The van der Waals surface area contributed by atoms with Crippen LogP contribution in [-0.2, 0) is 11.2 Å². The lowest BCUT2D eigenvalue weighted by atomic mass is 10.1. The Morgan fingerprint density at radius 2 is 1.83 bits per heavy atom. The summed E-state index contributed by atoms with van der Waals surface area (Å²) >= 11 is 0. The Hall–Kier alpha value is -0.900. The molecule has 2 N–H and O–H groups in total. The number of hydrogen-bond acceptors (Lipinski definition) is 3. The summed E-state index contributed by atoms with van der Waals surface area (Å²) in [7, 11) is 1.25. The Kier molecular flexibility index (Phi) is 2.81. The molecule has 0 heterocycles. The largest absolute Gasteiger partial charge is 0.343 e. The minimum absolute atomic E-state index is 0.0737. The first kappa shape index (κ1) is 9.19. The minimum Gasteiger partial charge on any atom is -0.343 e. The van der Waals surface area contributed by atoms with Crippen LogP contribution in [0.5, 0.6) is 0 Å². The van der Waals surface area contributed by atoms with Gasteiger partial charge in [-0.2, -0.15) is 0 Å². The molecule has 3 heteroatoms. The van der Waals surface area contributed by atoms with E-state index in [-0.39, 0.29) is 6.42 Å². The summed E-state index contributed by atoms with van der Waals surface area (Å²) < 4.78 is 4.45. The maximum absolute atomic E-state index is 9.11. The highest BCUT2D eigenvalue weighted by Gasteiger charge is 2.21. The van der Waals surface area contributed by atoms with Crippen molar-refractivity contribution < 1.29 is 14.9 Å². The van der Waals surface area contributed by atoms with Crippen molar-refractivity contribution in [3.8, 4) is 0 Å². The molecule has 0 aliphatic rings. The summed E-state index contributed by atoms with van der Waals surface area (Å²) in [6.45, 7) is 0. The molecular formula is C9H12O3. The van der Waals surface area contributed by atoms with Crippen LogP contribution in [0.3, 0.4) is 0 Å². The molecule has 0 bridgehead atoms. The van der Waals surface area contributed by atoms with Crippen molar-refractivity contribution in [3.63, 3.8) is 0 Å². The van der Waals surface area contributed by atoms with Crippen LogP contribution in [0.15, 0.2) is 30.3 Å². The lowest BCUT2D eigenvalue weighted by Crippen LogP contribution is -2.32. The van der Waals surface area contributed by atoms with Gasteiger partial charge >= 0.3 is 0 Å². The summed E-state index contributed by atoms with van der Waals surface area (Å²) in [6.07, 6.45) is 0.0737. The zero-order valence-electron chi connectivity index (χ0n) is 6.90. The molecular weight excluding hydrogens is 156 g/mol. The van der Waals surface area contributed by atoms with E-state index in [2.05, 4.69) is 4.74 Å². The smallest absolute Gasteiger partial charge is 0.281 e. The van der Waals surface area contributed by atoms with Gasteiger partial charge in [-0.15, -0.1) is 0 Å². The summed E-state index contributed by atoms with van der Waals surface area (Å²) in [5.74, 6) is -2.05. The lowest BCUT2D eigenvalue weighted by molar-refractivity contribution is -0.324. The van der Waals surface area contributed by atoms with Gasteiger partial charge in [0.25, 0.3) is 5.97 Å². The molecule has 0 spiro atoms. The molecule has 0 amide bonds. The Bertz CT molecular complexity index is 231. The average Bonchev–Trinajstić information content (AvgIpc) is 2.06. The zero-order chi connectivity index (χ0) is 9.03. The fraction of sp³-hybridized carbons (Fsp3) is 0.333. The van der Waals surface area contributed by atoms with Gasteiger partial charge in [0.15, 0.2) is 0 Å². The molecule has 1 aromatic carbocycles. The van der Waals surface area contributed by atoms with Crippen molar-refractivity contribution in [3.05, 3.63) is 35.9 Å². The fourth-order valence-electron chi connectivity index (χ4n) is 0.934. The minimum atomic E-state index is -2.05. The second kappa shape index (κ2) is 3.67. The molecule has 66 valence electrons. The summed E-state index contributed by atoms with van der Waals surface area (Å²) in [5.41, 5.74) is 0.823. The molecule has 0 aromatic heterocycles. The van der Waals surface area contributed by atoms with Crippen LogP contribution in [0.25, 0.3) is 0 Å². The molecule has 0 saturated carbocycles. The number of ether oxygens (including phenoxy) is 1. The van der Waals surface area contributed by atoms with Gasteiger partial charge in [-0.05, 0) is 5.56 Å². The first-order chi connectivity index (χ1) is 5.64. The van der Waals surface area contributed by atoms with Gasteiger partial charge in [0.1, 0.15) is 0 Å². The molecule has 1 rings (SSSR count). The van der Waals surface area contributed by atoms with Crippen LogP contribution >= 0.6 is 0 Å². The van der Waals surface area contributed by atoms with Crippen molar-refractivity contribution in [2.24, 2.45) is 0 Å². The van der Waals surface area contributed by atoms with Gasteiger partial charge in [-0.3, -0.25) is 0 Å². The predicted molar refractivity (Wildman–Crippen MR) is 44.3 cm³/mol. The van der Waals surface area contributed by atoms with Crippen molar-refractivity contribution >= 4 is 0 Å². The third-order valence-electron chi connectivity index (χ3n) is 1.60. The zero-order valence-corrected chi connectivity index (χ0v) is 6.90. The van der Waals surface area contributed by atoms with E-state index in [0.29, 0.717) is 0 Å². The van der Waals surface area contributed by atoms with Crippen LogP contribution in [0, 0.1) is 0 Å². The van der Waals surface area contributed by atoms with Gasteiger partial charge in [0.2, 0.25) is 0 Å². The fourth-order valence-corrected chi connectivity index (χ4v) is 0.934. The highest BCUT2D eigenvalue weighted by atomic mass is 16.8. The predicted octanol–water partition coefficient (Wildman–Crippen LogP) is 0.514. The molecule has 0 aliphatic carbocycles. The molecule has 0 radical (unpaired) electrons. The molecule has 0 atom stereocenters. The first-order valence-corrected chi connectivity index (χ1v) is 3.68. The summed E-state index contributed by atoms with van der Waals surface area (Å²) in [4.78, 5) is 0. The quantitative estimate of drug-likeness (QED) is 0.647. The van der Waals surface area contributed by atoms with Crippen LogP contribution in [-0.4, -0.2) is 23.3 Å². The van der Waals surface area contributed by atoms with Crippen LogP contribution < -0.4 is 0 Å². The SMILES string of the molecule is COC(O)(O)Cc1ccccc1. The number of rotatable bonds is 3. The van der Waals surface area contributed by atoms with E-state index in [9.17, 15) is 0 Å². The topological polar surface area (TPSA) is 49.7 Å². The van der Waals surface area contributed by atoms with E-state index in [0.717, 1.165) is 5.56 Å². The Labute approximate surface area is 71.2 Å². The molecule has 12 heavy (non-hydrogen) atoms. The maximum atomic E-state index is 9.11. The number of hydrogen-bond donors (Lipinski definition) is 2. The first-order valence-electron chi connectivity index (χ1n) is 3.68. The Balaban J connectivity index is 2.64. The molecule has 0 aliphatic heterocycles. The van der Waals surface area contributed by atoms with Crippen molar-refractivity contribution in [2.45, 2.75) is 12.4 Å². The van der Waals surface area contributed by atoms with E-state index >= 15 is 0 Å². The van der Waals surface area contributed by atoms with E-state index in [1.54, 1.807) is 12.1 Å². The third-order valence-corrected chi connectivity index (χ3v) is 1.60. The second-order valence-corrected chi connectivity index (χ2v) is 2.61. The van der Waals surface area contributed by atoms with Crippen LogP contribution in [0.1, 0.15) is 5.56 Å². The van der Waals surface area contributed by atoms with Crippen LogP contribution in [0.2, 0.25) is 0 Å². The molecule has 3 nitrogen and oxygen atoms in total. The molecule has 0 unspecified atom stereocenters. The average molecular weight is 168 g/mol. The normalized spacial score (nSPS) is 11.6. The van der Waals surface area contributed by atoms with Crippen LogP contribution in [0.4, 0.5) is 0 Å². The van der Waals surface area contributed by atoms with Crippen molar-refractivity contribution in [1.82, 2.24) is 0 Å². The van der Waals surface area contributed by atoms with Crippen molar-refractivity contribution in [2.75, 3.05) is 7.11 Å². The van der Waals surface area contributed by atoms with E-state index < -0.39 is 5.97 Å². The third kappa shape index (κ3) is 2.62. The standard InChI is InChI=1S/C9H12O3/c1-12-9(10,11)7-8-5-3-2-4-6-8/h2-6,10-11H,7H2,1H3. The lowest BCUT2D eigenvalue weighted by Gasteiger charge is -2.18. The summed E-state index contributed by atoms with van der Waals surface area (Å²) in [5, 5.41) is 18.2. The second-order valence-electron chi connectivity index (χ2n) is 2.61. The van der Waals surface area contributed by atoms with E-state index in [1.165, 1.54) is 7.11 Å².